The fraction of sp³-hybridized carbons (Fsp3) is 1.00. The van der Waals surface area contributed by atoms with E-state index in [1.807, 2.05) is 0 Å². The first-order valence-corrected chi connectivity index (χ1v) is 5.33. The molecule has 0 saturated carbocycles. The van der Waals surface area contributed by atoms with Crippen LogP contribution >= 0.6 is 0 Å². The van der Waals surface area contributed by atoms with E-state index >= 15 is 0 Å². The largest absolute Gasteiger partial charge is 0.392 e. The molecule has 2 N–H and O–H groups in total. The third-order valence-electron chi connectivity index (χ3n) is 2.40. The topological polar surface area (TPSA) is 41.5 Å². The van der Waals surface area contributed by atoms with Crippen LogP contribution in [0.3, 0.4) is 0 Å². The summed E-state index contributed by atoms with van der Waals surface area (Å²) in [4.78, 5) is 0. The molecule has 0 amide bonds. The van der Waals surface area contributed by atoms with Gasteiger partial charge < -0.3 is 15.2 Å². The molecule has 3 heteroatoms. The van der Waals surface area contributed by atoms with Crippen molar-refractivity contribution in [2.45, 2.75) is 44.8 Å². The van der Waals surface area contributed by atoms with Crippen LogP contribution in [-0.2, 0) is 4.74 Å². The van der Waals surface area contributed by atoms with Gasteiger partial charge in [0.2, 0.25) is 0 Å². The van der Waals surface area contributed by atoms with Gasteiger partial charge in [0.05, 0.1) is 12.2 Å². The summed E-state index contributed by atoms with van der Waals surface area (Å²) in [6.45, 7) is 4.58. The molecule has 1 fully saturated rings. The molecule has 0 bridgehead atoms. The van der Waals surface area contributed by atoms with E-state index in [1.165, 1.54) is 6.42 Å². The van der Waals surface area contributed by atoms with Crippen molar-refractivity contribution in [3.8, 4) is 0 Å². The van der Waals surface area contributed by atoms with E-state index < -0.39 is 0 Å². The van der Waals surface area contributed by atoms with Gasteiger partial charge in [0.25, 0.3) is 0 Å². The average molecular weight is 187 g/mol. The van der Waals surface area contributed by atoms with Crippen LogP contribution in [0.1, 0.15) is 32.6 Å². The quantitative estimate of drug-likeness (QED) is 0.649. The number of hydrogen-bond donors (Lipinski definition) is 2. The lowest BCUT2D eigenvalue weighted by Gasteiger charge is -2.13. The van der Waals surface area contributed by atoms with Gasteiger partial charge in [-0.3, -0.25) is 0 Å². The fourth-order valence-electron chi connectivity index (χ4n) is 1.65. The van der Waals surface area contributed by atoms with Gasteiger partial charge in [-0.15, -0.1) is 0 Å². The summed E-state index contributed by atoms with van der Waals surface area (Å²) in [6.07, 6.45) is 4.47. The summed E-state index contributed by atoms with van der Waals surface area (Å²) < 4.78 is 5.45. The Morgan fingerprint density at radius 3 is 3.08 bits per heavy atom. The van der Waals surface area contributed by atoms with E-state index in [1.54, 1.807) is 0 Å². The molecule has 1 saturated heterocycles. The van der Waals surface area contributed by atoms with Gasteiger partial charge in [-0.25, -0.2) is 0 Å². The van der Waals surface area contributed by atoms with Crippen molar-refractivity contribution in [1.29, 1.82) is 0 Å². The Kier molecular flexibility index (Phi) is 5.35. The van der Waals surface area contributed by atoms with E-state index in [0.29, 0.717) is 12.6 Å². The highest BCUT2D eigenvalue weighted by Gasteiger charge is 2.14. The lowest BCUT2D eigenvalue weighted by atomic mass is 10.2. The minimum Gasteiger partial charge on any atom is -0.392 e. The Balaban J connectivity index is 1.93. The lowest BCUT2D eigenvalue weighted by molar-refractivity contribution is 0.102. The van der Waals surface area contributed by atoms with Gasteiger partial charge in [-0.1, -0.05) is 13.3 Å². The zero-order chi connectivity index (χ0) is 9.52. The Morgan fingerprint density at radius 2 is 2.46 bits per heavy atom. The molecule has 1 heterocycles. The molecule has 1 aliphatic rings. The molecule has 0 aromatic rings. The smallest absolute Gasteiger partial charge is 0.0700 e. The molecule has 1 rings (SSSR count). The van der Waals surface area contributed by atoms with Crippen LogP contribution in [0, 0.1) is 0 Å². The van der Waals surface area contributed by atoms with E-state index in [2.05, 4.69) is 12.2 Å². The number of aliphatic hydroxyl groups excluding tert-OH is 1. The average Bonchev–Trinajstić information content (AvgIpc) is 2.57. The van der Waals surface area contributed by atoms with E-state index in [-0.39, 0.29) is 6.10 Å². The SMILES string of the molecule is CCCC(O)CNCC1CCCO1. The number of rotatable bonds is 6. The van der Waals surface area contributed by atoms with Gasteiger partial charge in [-0.2, -0.15) is 0 Å². The second kappa shape index (κ2) is 6.35. The molecule has 78 valence electrons. The van der Waals surface area contributed by atoms with Gasteiger partial charge in [0.1, 0.15) is 0 Å². The first kappa shape index (κ1) is 11.0. The highest BCUT2D eigenvalue weighted by Crippen LogP contribution is 2.10. The standard InChI is InChI=1S/C10H21NO2/c1-2-4-9(12)7-11-8-10-5-3-6-13-10/h9-12H,2-8H2,1H3. The van der Waals surface area contributed by atoms with Gasteiger partial charge in [0, 0.05) is 19.7 Å². The molecule has 0 aromatic heterocycles. The maximum Gasteiger partial charge on any atom is 0.0700 e. The lowest BCUT2D eigenvalue weighted by Crippen LogP contribution is -2.32. The minimum absolute atomic E-state index is 0.189. The Bertz CT molecular complexity index is 124. The minimum atomic E-state index is -0.189. The van der Waals surface area contributed by atoms with Crippen LogP contribution in [0.2, 0.25) is 0 Å². The third-order valence-corrected chi connectivity index (χ3v) is 2.40. The fourth-order valence-corrected chi connectivity index (χ4v) is 1.65. The summed E-state index contributed by atoms with van der Waals surface area (Å²) in [5.41, 5.74) is 0. The predicted octanol–water partition coefficient (Wildman–Crippen LogP) is 0.916. The molecule has 13 heavy (non-hydrogen) atoms. The number of hydrogen-bond acceptors (Lipinski definition) is 3. The molecule has 0 radical (unpaired) electrons. The normalized spacial score (nSPS) is 24.9. The van der Waals surface area contributed by atoms with Crippen molar-refractivity contribution in [3.05, 3.63) is 0 Å². The van der Waals surface area contributed by atoms with Crippen LogP contribution in [0.4, 0.5) is 0 Å². The van der Waals surface area contributed by atoms with E-state index in [4.69, 9.17) is 4.74 Å². The van der Waals surface area contributed by atoms with Gasteiger partial charge in [-0.05, 0) is 19.3 Å². The van der Waals surface area contributed by atoms with Gasteiger partial charge in [0.15, 0.2) is 0 Å². The third kappa shape index (κ3) is 4.60. The second-order valence-electron chi connectivity index (χ2n) is 3.74. The van der Waals surface area contributed by atoms with Crippen molar-refractivity contribution in [2.75, 3.05) is 19.7 Å². The zero-order valence-electron chi connectivity index (χ0n) is 8.46. The van der Waals surface area contributed by atoms with Gasteiger partial charge >= 0.3 is 0 Å². The summed E-state index contributed by atoms with van der Waals surface area (Å²) in [5.74, 6) is 0. The predicted molar refractivity (Wildman–Crippen MR) is 52.8 cm³/mol. The Hall–Kier alpha value is -0.120. The molecule has 2 atom stereocenters. The van der Waals surface area contributed by atoms with Crippen LogP contribution in [0.15, 0.2) is 0 Å². The van der Waals surface area contributed by atoms with Crippen molar-refractivity contribution >= 4 is 0 Å². The van der Waals surface area contributed by atoms with Crippen molar-refractivity contribution in [3.63, 3.8) is 0 Å². The van der Waals surface area contributed by atoms with E-state index in [9.17, 15) is 5.11 Å². The molecule has 0 aromatic carbocycles. The summed E-state index contributed by atoms with van der Waals surface area (Å²) >= 11 is 0. The first-order chi connectivity index (χ1) is 6.33. The van der Waals surface area contributed by atoms with Crippen molar-refractivity contribution in [2.24, 2.45) is 0 Å². The number of ether oxygens (including phenoxy) is 1. The molecular formula is C10H21NO2. The number of nitrogens with one attached hydrogen (secondary N) is 1. The monoisotopic (exact) mass is 187 g/mol. The highest BCUT2D eigenvalue weighted by atomic mass is 16.5. The Morgan fingerprint density at radius 1 is 1.62 bits per heavy atom. The molecule has 3 nitrogen and oxygen atoms in total. The molecule has 1 aliphatic heterocycles. The maximum absolute atomic E-state index is 9.42. The first-order valence-electron chi connectivity index (χ1n) is 5.33. The van der Waals surface area contributed by atoms with E-state index in [0.717, 1.165) is 32.4 Å². The molecule has 2 unspecified atom stereocenters. The van der Waals surface area contributed by atoms with Crippen LogP contribution in [-0.4, -0.2) is 37.0 Å². The summed E-state index contributed by atoms with van der Waals surface area (Å²) in [7, 11) is 0. The van der Waals surface area contributed by atoms with Crippen molar-refractivity contribution in [1.82, 2.24) is 5.32 Å². The maximum atomic E-state index is 9.42. The zero-order valence-corrected chi connectivity index (χ0v) is 8.46. The van der Waals surface area contributed by atoms with Crippen LogP contribution in [0.25, 0.3) is 0 Å². The molecular weight excluding hydrogens is 166 g/mol. The highest BCUT2D eigenvalue weighted by molar-refractivity contribution is 4.68. The van der Waals surface area contributed by atoms with Crippen LogP contribution in [0.5, 0.6) is 0 Å². The van der Waals surface area contributed by atoms with Crippen LogP contribution < -0.4 is 5.32 Å². The molecule has 0 spiro atoms. The summed E-state index contributed by atoms with van der Waals surface area (Å²) in [6, 6.07) is 0. The molecule has 0 aliphatic carbocycles. The summed E-state index contributed by atoms with van der Waals surface area (Å²) in [5, 5.41) is 12.7. The Labute approximate surface area is 80.5 Å². The number of aliphatic hydroxyl groups is 1. The second-order valence-corrected chi connectivity index (χ2v) is 3.74. The van der Waals surface area contributed by atoms with Crippen molar-refractivity contribution < 1.29 is 9.84 Å².